The molecule has 138 valence electrons. The molecule has 0 saturated heterocycles. The number of benzene rings is 1. The Morgan fingerprint density at radius 3 is 2.42 bits per heavy atom. The number of aryl methyl sites for hydroxylation is 1. The number of esters is 1. The fourth-order valence-electron chi connectivity index (χ4n) is 2.64. The lowest BCUT2D eigenvalue weighted by Gasteiger charge is -2.07. The van der Waals surface area contributed by atoms with Crippen molar-refractivity contribution < 1.29 is 19.1 Å². The molecule has 0 radical (unpaired) electrons. The number of carbonyl (C=O) groups is 3. The summed E-state index contributed by atoms with van der Waals surface area (Å²) in [4.78, 5) is 39.1. The number of nitrogens with one attached hydrogen (secondary N) is 3. The van der Waals surface area contributed by atoms with Crippen LogP contribution in [-0.2, 0) is 22.5 Å². The first-order valence-electron chi connectivity index (χ1n) is 8.36. The zero-order valence-corrected chi connectivity index (χ0v) is 15.1. The normalized spacial score (nSPS) is 10.3. The first-order valence-corrected chi connectivity index (χ1v) is 8.36. The number of aromatic nitrogens is 1. The number of ether oxygens (including phenoxy) is 1. The molecular weight excluding hydrogens is 334 g/mol. The molecule has 0 unspecified atom stereocenters. The van der Waals surface area contributed by atoms with E-state index in [2.05, 4.69) is 15.6 Å². The Labute approximate surface area is 152 Å². The van der Waals surface area contributed by atoms with Crippen molar-refractivity contribution in [3.05, 3.63) is 58.4 Å². The van der Waals surface area contributed by atoms with E-state index < -0.39 is 11.9 Å². The van der Waals surface area contributed by atoms with Gasteiger partial charge in [-0.05, 0) is 24.5 Å². The van der Waals surface area contributed by atoms with Gasteiger partial charge in [0, 0.05) is 12.2 Å². The molecule has 1 aromatic heterocycles. The molecule has 26 heavy (non-hydrogen) atoms. The van der Waals surface area contributed by atoms with Crippen molar-refractivity contribution in [1.82, 2.24) is 15.6 Å². The quantitative estimate of drug-likeness (QED) is 0.657. The highest BCUT2D eigenvalue weighted by atomic mass is 16.5. The van der Waals surface area contributed by atoms with Crippen LogP contribution in [0.3, 0.4) is 0 Å². The third kappa shape index (κ3) is 4.50. The van der Waals surface area contributed by atoms with Crippen LogP contribution < -0.4 is 10.6 Å². The molecule has 0 spiro atoms. The number of methoxy groups -OCH3 is 1. The molecule has 0 aliphatic carbocycles. The summed E-state index contributed by atoms with van der Waals surface area (Å²) in [6.07, 6.45) is 0.552. The Balaban J connectivity index is 1.96. The number of carbonyl (C=O) groups excluding carboxylic acids is 3. The van der Waals surface area contributed by atoms with Crippen molar-refractivity contribution in [3.63, 3.8) is 0 Å². The summed E-state index contributed by atoms with van der Waals surface area (Å²) in [6.45, 7) is 3.78. The van der Waals surface area contributed by atoms with E-state index in [-0.39, 0.29) is 18.1 Å². The van der Waals surface area contributed by atoms with Gasteiger partial charge in [-0.25, -0.2) is 4.79 Å². The Hall–Kier alpha value is -3.09. The molecule has 1 heterocycles. The van der Waals surface area contributed by atoms with Crippen LogP contribution in [-0.4, -0.2) is 36.4 Å². The van der Waals surface area contributed by atoms with Crippen molar-refractivity contribution in [2.24, 2.45) is 0 Å². The molecule has 2 aromatic rings. The zero-order chi connectivity index (χ0) is 19.1. The van der Waals surface area contributed by atoms with Crippen LogP contribution in [0.5, 0.6) is 0 Å². The topological polar surface area (TPSA) is 100 Å². The summed E-state index contributed by atoms with van der Waals surface area (Å²) in [5, 5.41) is 5.30. The number of hydrogen-bond donors (Lipinski definition) is 3. The van der Waals surface area contributed by atoms with Gasteiger partial charge in [0.25, 0.3) is 5.91 Å². The molecule has 0 aliphatic rings. The average Bonchev–Trinajstić information content (AvgIpc) is 3.01. The van der Waals surface area contributed by atoms with Gasteiger partial charge in [-0.15, -0.1) is 0 Å². The second-order valence-corrected chi connectivity index (χ2v) is 5.77. The van der Waals surface area contributed by atoms with Gasteiger partial charge in [0.2, 0.25) is 5.91 Å². The third-order valence-corrected chi connectivity index (χ3v) is 4.04. The lowest BCUT2D eigenvalue weighted by Crippen LogP contribution is -2.37. The molecule has 2 amide bonds. The van der Waals surface area contributed by atoms with Crippen molar-refractivity contribution in [1.29, 1.82) is 0 Å². The first-order chi connectivity index (χ1) is 12.5. The fourth-order valence-corrected chi connectivity index (χ4v) is 2.64. The highest BCUT2D eigenvalue weighted by Crippen LogP contribution is 2.20. The Morgan fingerprint density at radius 2 is 1.81 bits per heavy atom. The highest BCUT2D eigenvalue weighted by molar-refractivity contribution is 6.01. The van der Waals surface area contributed by atoms with E-state index in [1.807, 2.05) is 37.3 Å². The van der Waals surface area contributed by atoms with Crippen LogP contribution in [0.25, 0.3) is 0 Å². The maximum Gasteiger partial charge on any atom is 0.339 e. The van der Waals surface area contributed by atoms with E-state index in [9.17, 15) is 14.4 Å². The molecule has 1 aromatic carbocycles. The lowest BCUT2D eigenvalue weighted by molar-refractivity contribution is -0.120. The molecule has 3 N–H and O–H groups in total. The smallest absolute Gasteiger partial charge is 0.339 e. The van der Waals surface area contributed by atoms with Crippen LogP contribution in [0, 0.1) is 6.92 Å². The molecule has 0 aliphatic heterocycles. The van der Waals surface area contributed by atoms with Crippen molar-refractivity contribution in [3.8, 4) is 0 Å². The predicted molar refractivity (Wildman–Crippen MR) is 96.9 cm³/mol. The van der Waals surface area contributed by atoms with Crippen molar-refractivity contribution in [2.75, 3.05) is 13.7 Å². The van der Waals surface area contributed by atoms with Crippen LogP contribution in [0.2, 0.25) is 0 Å². The van der Waals surface area contributed by atoms with Gasteiger partial charge in [0.1, 0.15) is 5.69 Å². The lowest BCUT2D eigenvalue weighted by atomic mass is 10.1. The summed E-state index contributed by atoms with van der Waals surface area (Å²) in [7, 11) is 1.30. The van der Waals surface area contributed by atoms with Crippen molar-refractivity contribution >= 4 is 17.8 Å². The minimum Gasteiger partial charge on any atom is -0.465 e. The highest BCUT2D eigenvalue weighted by Gasteiger charge is 2.23. The van der Waals surface area contributed by atoms with E-state index >= 15 is 0 Å². The van der Waals surface area contributed by atoms with Gasteiger partial charge in [0.15, 0.2) is 0 Å². The third-order valence-electron chi connectivity index (χ3n) is 4.04. The molecule has 0 fully saturated rings. The van der Waals surface area contributed by atoms with Gasteiger partial charge >= 0.3 is 5.97 Å². The van der Waals surface area contributed by atoms with Gasteiger partial charge < -0.3 is 20.4 Å². The summed E-state index contributed by atoms with van der Waals surface area (Å²) >= 11 is 0. The molecule has 7 nitrogen and oxygen atoms in total. The Bertz CT molecular complexity index is 797. The maximum absolute atomic E-state index is 12.4. The van der Waals surface area contributed by atoms with Crippen LogP contribution in [0.15, 0.2) is 30.3 Å². The molecule has 0 bridgehead atoms. The largest absolute Gasteiger partial charge is 0.465 e. The second-order valence-electron chi connectivity index (χ2n) is 5.77. The molecule has 0 saturated carbocycles. The van der Waals surface area contributed by atoms with Crippen LogP contribution in [0.1, 0.15) is 44.6 Å². The molecule has 7 heteroatoms. The number of amides is 2. The number of rotatable bonds is 7. The second kappa shape index (κ2) is 8.84. The summed E-state index contributed by atoms with van der Waals surface area (Å²) in [5.74, 6) is -1.23. The van der Waals surface area contributed by atoms with E-state index in [1.165, 1.54) is 7.11 Å². The van der Waals surface area contributed by atoms with E-state index in [0.717, 1.165) is 5.56 Å². The fraction of sp³-hybridized carbons (Fsp3) is 0.316. The van der Waals surface area contributed by atoms with E-state index in [4.69, 9.17) is 4.74 Å². The monoisotopic (exact) mass is 357 g/mol. The summed E-state index contributed by atoms with van der Waals surface area (Å²) in [5.41, 5.74) is 2.75. The average molecular weight is 357 g/mol. The molecule has 2 rings (SSSR count). The van der Waals surface area contributed by atoms with Crippen LogP contribution >= 0.6 is 0 Å². The van der Waals surface area contributed by atoms with Gasteiger partial charge in [-0.1, -0.05) is 37.3 Å². The number of aromatic amines is 1. The van der Waals surface area contributed by atoms with Gasteiger partial charge in [-0.2, -0.15) is 0 Å². The Kier molecular flexibility index (Phi) is 6.54. The first kappa shape index (κ1) is 19.2. The SMILES string of the molecule is CCc1[nH]c(C(=O)NCC(=O)NCc2ccccc2)c(C)c1C(=O)OC. The predicted octanol–water partition coefficient (Wildman–Crippen LogP) is 1.72. The summed E-state index contributed by atoms with van der Waals surface area (Å²) < 4.78 is 4.77. The van der Waals surface area contributed by atoms with Crippen LogP contribution in [0.4, 0.5) is 0 Å². The minimum absolute atomic E-state index is 0.154. The summed E-state index contributed by atoms with van der Waals surface area (Å²) in [6, 6.07) is 9.49. The maximum atomic E-state index is 12.4. The minimum atomic E-state index is -0.491. The van der Waals surface area contributed by atoms with Gasteiger partial charge in [0.05, 0.1) is 19.2 Å². The number of H-pyrrole nitrogens is 1. The van der Waals surface area contributed by atoms with E-state index in [1.54, 1.807) is 6.92 Å². The number of hydrogen-bond acceptors (Lipinski definition) is 4. The zero-order valence-electron chi connectivity index (χ0n) is 15.1. The Morgan fingerprint density at radius 1 is 1.12 bits per heavy atom. The van der Waals surface area contributed by atoms with E-state index in [0.29, 0.717) is 29.8 Å². The van der Waals surface area contributed by atoms with Crippen molar-refractivity contribution in [2.45, 2.75) is 26.8 Å². The molecule has 0 atom stereocenters. The molecular formula is C19H23N3O4. The van der Waals surface area contributed by atoms with Gasteiger partial charge in [-0.3, -0.25) is 9.59 Å². The standard InChI is InChI=1S/C19H23N3O4/c1-4-14-16(19(25)26-3)12(2)17(22-14)18(24)21-11-15(23)20-10-13-8-6-5-7-9-13/h5-9,22H,4,10-11H2,1-3H3,(H,20,23)(H,21,24).